The molecule has 11 heavy (non-hydrogen) atoms. The van der Waals surface area contributed by atoms with Gasteiger partial charge >= 0.3 is 67.5 Å². The van der Waals surface area contributed by atoms with Crippen LogP contribution in [0.25, 0.3) is 0 Å². The summed E-state index contributed by atoms with van der Waals surface area (Å²) in [5.74, 6) is -0.930. The summed E-state index contributed by atoms with van der Waals surface area (Å²) in [7, 11) is 0. The molecule has 0 atom stereocenters. The van der Waals surface area contributed by atoms with Crippen molar-refractivity contribution in [3.8, 4) is 0 Å². The normalized spacial score (nSPS) is 9.09. The average molecular weight is 273 g/mol. The van der Waals surface area contributed by atoms with Crippen LogP contribution >= 0.6 is 17.0 Å². The summed E-state index contributed by atoms with van der Waals surface area (Å²) < 4.78 is 24.9. The van der Waals surface area contributed by atoms with E-state index >= 15 is 0 Å². The van der Waals surface area contributed by atoms with E-state index in [1.807, 2.05) is 0 Å². The van der Waals surface area contributed by atoms with Crippen molar-refractivity contribution in [2.75, 3.05) is 0 Å². The van der Waals surface area contributed by atoms with Crippen LogP contribution in [0.5, 0.6) is 0 Å². The molecule has 0 aliphatic heterocycles. The van der Waals surface area contributed by atoms with E-state index in [1.54, 1.807) is 0 Å². The van der Waals surface area contributed by atoms with Gasteiger partial charge in [-0.15, -0.1) is 17.0 Å². The van der Waals surface area contributed by atoms with Crippen molar-refractivity contribution < 1.29 is 27.1 Å². The van der Waals surface area contributed by atoms with Crippen molar-refractivity contribution in [1.82, 2.24) is 0 Å². The molecule has 1 aromatic carbocycles. The Bertz CT molecular complexity index is 240. The van der Waals surface area contributed by atoms with Crippen molar-refractivity contribution in [3.05, 3.63) is 35.4 Å². The molecule has 0 aliphatic rings. The zero-order valence-corrected chi connectivity index (χ0v) is 10.5. The summed E-state index contributed by atoms with van der Waals surface area (Å²) in [6.07, 6.45) is 0. The second kappa shape index (κ2) is 4.94. The van der Waals surface area contributed by atoms with Gasteiger partial charge in [0, 0.05) is 0 Å². The Morgan fingerprint density at radius 1 is 1.27 bits per heavy atom. The van der Waals surface area contributed by atoms with E-state index in [0.717, 1.165) is 29.4 Å². The third kappa shape index (κ3) is 2.96. The Morgan fingerprint density at radius 3 is 2.36 bits per heavy atom. The maximum atomic E-state index is 12.6. The van der Waals surface area contributed by atoms with Gasteiger partial charge in [0.15, 0.2) is 0 Å². The van der Waals surface area contributed by atoms with E-state index < -0.39 is 11.6 Å². The molecule has 0 N–H and O–H groups in total. The Morgan fingerprint density at radius 2 is 1.91 bits per heavy atom. The predicted molar refractivity (Wildman–Crippen MR) is 40.4 cm³/mol. The van der Waals surface area contributed by atoms with Crippen LogP contribution in [0.15, 0.2) is 18.2 Å². The first-order valence-electron chi connectivity index (χ1n) is 2.97. The summed E-state index contributed by atoms with van der Waals surface area (Å²) in [5.41, 5.74) is 0.612. The fraction of sp³-hybridized carbons (Fsp3) is 0.143. The number of benzene rings is 1. The van der Waals surface area contributed by atoms with Crippen LogP contribution in [0.1, 0.15) is 5.56 Å². The summed E-state index contributed by atoms with van der Waals surface area (Å²) >= 11 is 1.00. The molecular weight excluding hydrogens is 267 g/mol. The Hall–Kier alpha value is 0.183. The van der Waals surface area contributed by atoms with Crippen LogP contribution in [0.4, 0.5) is 8.78 Å². The Balaban J connectivity index is 0.000001000. The number of rotatable bonds is 1. The molecule has 1 aromatic rings. The fourth-order valence-electron chi connectivity index (χ4n) is 0.724. The second-order valence-electron chi connectivity index (χ2n) is 1.99. The first kappa shape index (κ1) is 11.2. The molecular formula is C7H6BrF2Zn. The molecule has 0 radical (unpaired) electrons. The molecule has 0 aliphatic carbocycles. The van der Waals surface area contributed by atoms with E-state index in [2.05, 4.69) is 0 Å². The molecule has 0 heterocycles. The first-order chi connectivity index (χ1) is 4.74. The third-order valence-electron chi connectivity index (χ3n) is 1.28. The summed E-state index contributed by atoms with van der Waals surface area (Å²) in [4.78, 5) is 0. The number of hydrogen-bond acceptors (Lipinski definition) is 0. The van der Waals surface area contributed by atoms with Crippen molar-refractivity contribution in [2.45, 2.75) is 5.02 Å². The fourth-order valence-corrected chi connectivity index (χ4v) is 1.58. The van der Waals surface area contributed by atoms with Crippen LogP contribution in [-0.4, -0.2) is 0 Å². The van der Waals surface area contributed by atoms with Gasteiger partial charge < -0.3 is 0 Å². The van der Waals surface area contributed by atoms with Crippen LogP contribution in [-0.2, 0) is 23.3 Å². The van der Waals surface area contributed by atoms with Gasteiger partial charge in [0.2, 0.25) is 0 Å². The first-order valence-corrected chi connectivity index (χ1v) is 5.07. The molecule has 0 aromatic heterocycles. The van der Waals surface area contributed by atoms with E-state index in [1.165, 1.54) is 12.1 Å². The molecule has 0 amide bonds. The maximum absolute atomic E-state index is 12.6. The number of halogens is 3. The van der Waals surface area contributed by atoms with Crippen LogP contribution in [0.2, 0.25) is 0 Å². The summed E-state index contributed by atoms with van der Waals surface area (Å²) in [6, 6.07) is 3.70. The zero-order chi connectivity index (χ0) is 7.56. The standard InChI is InChI=1S/C7H5F2.BrH.Zn/c1-5-2-3-6(8)4-7(5)9;;/h2-4H,1H2;1H;. The van der Waals surface area contributed by atoms with E-state index in [0.29, 0.717) is 5.56 Å². The van der Waals surface area contributed by atoms with Crippen molar-refractivity contribution >= 4 is 17.0 Å². The van der Waals surface area contributed by atoms with Crippen LogP contribution < -0.4 is 0 Å². The molecule has 0 fully saturated rings. The van der Waals surface area contributed by atoms with E-state index in [9.17, 15) is 8.78 Å². The van der Waals surface area contributed by atoms with Crippen molar-refractivity contribution in [1.29, 1.82) is 0 Å². The molecule has 4 heteroatoms. The van der Waals surface area contributed by atoms with Gasteiger partial charge in [-0.3, -0.25) is 0 Å². The van der Waals surface area contributed by atoms with E-state index in [4.69, 9.17) is 0 Å². The molecule has 0 bridgehead atoms. The second-order valence-corrected chi connectivity index (χ2v) is 3.03. The molecule has 0 saturated heterocycles. The molecule has 0 unspecified atom stereocenters. The minimum atomic E-state index is -0.505. The SMILES string of the molecule is Br.Fc1ccc([CH2][Zn])c(F)c1. The Labute approximate surface area is 84.4 Å². The van der Waals surface area contributed by atoms with Crippen LogP contribution in [0.3, 0.4) is 0 Å². The monoisotopic (exact) mass is 271 g/mol. The van der Waals surface area contributed by atoms with Gasteiger partial charge in [-0.25, -0.2) is 0 Å². The zero-order valence-electron chi connectivity index (χ0n) is 5.81. The van der Waals surface area contributed by atoms with Crippen molar-refractivity contribution in [3.63, 3.8) is 0 Å². The Kier molecular flexibility index (Phi) is 5.02. The third-order valence-corrected chi connectivity index (χ3v) is 2.41. The number of hydrogen-bond donors (Lipinski definition) is 0. The summed E-state index contributed by atoms with van der Waals surface area (Å²) in [5, 5.41) is 0.728. The van der Waals surface area contributed by atoms with Gasteiger partial charge in [0.1, 0.15) is 0 Å². The predicted octanol–water partition coefficient (Wildman–Crippen LogP) is 2.59. The average Bonchev–Trinajstić information content (AvgIpc) is 1.88. The summed E-state index contributed by atoms with van der Waals surface area (Å²) in [6.45, 7) is 0. The minimum absolute atomic E-state index is 0. The van der Waals surface area contributed by atoms with Gasteiger partial charge in [-0.05, 0) is 0 Å². The van der Waals surface area contributed by atoms with Gasteiger partial charge in [0.25, 0.3) is 0 Å². The molecule has 0 nitrogen and oxygen atoms in total. The van der Waals surface area contributed by atoms with Crippen LogP contribution in [0, 0.1) is 11.6 Å². The van der Waals surface area contributed by atoms with Gasteiger partial charge in [-0.2, -0.15) is 0 Å². The van der Waals surface area contributed by atoms with Gasteiger partial charge in [-0.1, -0.05) is 0 Å². The molecule has 0 spiro atoms. The van der Waals surface area contributed by atoms with Crippen molar-refractivity contribution in [2.24, 2.45) is 0 Å². The molecule has 57 valence electrons. The molecule has 1 rings (SSSR count). The topological polar surface area (TPSA) is 0 Å². The van der Waals surface area contributed by atoms with Gasteiger partial charge in [0.05, 0.1) is 0 Å². The molecule has 0 saturated carbocycles. The quantitative estimate of drug-likeness (QED) is 0.690. The van der Waals surface area contributed by atoms with E-state index in [-0.39, 0.29) is 17.0 Å².